The van der Waals surface area contributed by atoms with Crippen LogP contribution in [-0.4, -0.2) is 0 Å². The third-order valence-electron chi connectivity index (χ3n) is 9.07. The largest absolute Gasteiger partial charge is 0.456 e. The summed E-state index contributed by atoms with van der Waals surface area (Å²) >= 11 is 3.73. The van der Waals surface area contributed by atoms with Crippen molar-refractivity contribution in [3.8, 4) is 11.1 Å². The fourth-order valence-corrected chi connectivity index (χ4v) is 9.29. The van der Waals surface area contributed by atoms with Crippen molar-refractivity contribution in [1.82, 2.24) is 0 Å². The molecular weight excluding hydrogens is 599 g/mol. The molecule has 0 saturated heterocycles. The van der Waals surface area contributed by atoms with Gasteiger partial charge in [0.1, 0.15) is 11.2 Å². The number of hydrogen-bond acceptors (Lipinski definition) is 4. The van der Waals surface area contributed by atoms with Gasteiger partial charge in [-0.2, -0.15) is 0 Å². The Morgan fingerprint density at radius 3 is 1.85 bits per heavy atom. The van der Waals surface area contributed by atoms with E-state index in [9.17, 15) is 0 Å². The molecule has 0 spiro atoms. The molecule has 7 aromatic carbocycles. The first-order valence-corrected chi connectivity index (χ1v) is 17.1. The van der Waals surface area contributed by atoms with Gasteiger partial charge in [-0.15, -0.1) is 22.7 Å². The second-order valence-corrected chi connectivity index (χ2v) is 13.8. The second-order valence-electron chi connectivity index (χ2n) is 11.7. The number of anilines is 3. The average molecular weight is 624 g/mol. The number of furan rings is 1. The van der Waals surface area contributed by atoms with Crippen molar-refractivity contribution >= 4 is 102 Å². The summed E-state index contributed by atoms with van der Waals surface area (Å²) in [5, 5.41) is 7.38. The topological polar surface area (TPSA) is 16.4 Å². The maximum absolute atomic E-state index is 6.28. The molecule has 3 heterocycles. The van der Waals surface area contributed by atoms with Crippen LogP contribution in [0.2, 0.25) is 0 Å². The summed E-state index contributed by atoms with van der Waals surface area (Å²) in [5.74, 6) is 0. The summed E-state index contributed by atoms with van der Waals surface area (Å²) in [6, 6.07) is 54.8. The predicted octanol–water partition coefficient (Wildman–Crippen LogP) is 13.5. The summed E-state index contributed by atoms with van der Waals surface area (Å²) in [4.78, 5) is 2.48. The maximum Gasteiger partial charge on any atom is 0.135 e. The van der Waals surface area contributed by atoms with Crippen LogP contribution in [0.25, 0.3) is 73.4 Å². The SMILES string of the molecule is c1ccc(-c2ccc3c(sc4ccccc43)c2N(c2ccc3oc4ccccc4c3c2)c2ccc3sc4ccccc4c3c2)cc1. The molecule has 4 heteroatoms. The van der Waals surface area contributed by atoms with Crippen LogP contribution >= 0.6 is 22.7 Å². The zero-order valence-corrected chi connectivity index (χ0v) is 26.2. The molecule has 10 aromatic rings. The van der Waals surface area contributed by atoms with E-state index in [0.717, 1.165) is 33.3 Å². The number of rotatable bonds is 4. The van der Waals surface area contributed by atoms with Crippen molar-refractivity contribution in [3.05, 3.63) is 152 Å². The standard InChI is InChI=1S/C42H25NOS2/c1-2-10-26(11-3-1)29-20-21-33-31-13-5-9-17-39(31)46-42(33)41(29)43(27-18-22-37-34(24-27)30-12-4-7-15-36(30)44-37)28-19-23-40-35(25-28)32-14-6-8-16-38(32)45-40/h1-25H. The smallest absolute Gasteiger partial charge is 0.135 e. The molecule has 0 saturated carbocycles. The molecular formula is C42H25NOS2. The van der Waals surface area contributed by atoms with Crippen molar-refractivity contribution in [2.24, 2.45) is 0 Å². The minimum absolute atomic E-state index is 0.896. The Balaban J connectivity index is 1.34. The number of benzene rings is 7. The van der Waals surface area contributed by atoms with E-state index in [-0.39, 0.29) is 0 Å². The lowest BCUT2D eigenvalue weighted by atomic mass is 9.99. The molecule has 216 valence electrons. The van der Waals surface area contributed by atoms with E-state index in [0.29, 0.717) is 0 Å². The van der Waals surface area contributed by atoms with Crippen molar-refractivity contribution in [1.29, 1.82) is 0 Å². The van der Waals surface area contributed by atoms with Gasteiger partial charge in [-0.3, -0.25) is 0 Å². The van der Waals surface area contributed by atoms with Crippen molar-refractivity contribution in [3.63, 3.8) is 0 Å². The van der Waals surface area contributed by atoms with E-state index in [4.69, 9.17) is 4.42 Å². The number of para-hydroxylation sites is 1. The first-order chi connectivity index (χ1) is 22.8. The first-order valence-electron chi connectivity index (χ1n) is 15.4. The van der Waals surface area contributed by atoms with E-state index in [1.165, 1.54) is 57.2 Å². The molecule has 0 aliphatic carbocycles. The molecule has 0 aliphatic heterocycles. The summed E-state index contributed by atoms with van der Waals surface area (Å²) in [6.45, 7) is 0. The molecule has 46 heavy (non-hydrogen) atoms. The highest BCUT2D eigenvalue weighted by Crippen LogP contribution is 2.51. The summed E-state index contributed by atoms with van der Waals surface area (Å²) in [5.41, 5.74) is 7.61. The van der Waals surface area contributed by atoms with Gasteiger partial charge in [0.05, 0.1) is 10.4 Å². The zero-order valence-electron chi connectivity index (χ0n) is 24.6. The fourth-order valence-electron chi connectivity index (χ4n) is 6.96. The van der Waals surface area contributed by atoms with E-state index < -0.39 is 0 Å². The summed E-state index contributed by atoms with van der Waals surface area (Å²) in [7, 11) is 0. The Kier molecular flexibility index (Phi) is 5.65. The van der Waals surface area contributed by atoms with Gasteiger partial charge in [-0.05, 0) is 60.2 Å². The molecule has 0 aliphatic rings. The van der Waals surface area contributed by atoms with E-state index in [2.05, 4.69) is 144 Å². The normalized spacial score (nSPS) is 11.9. The highest BCUT2D eigenvalue weighted by atomic mass is 32.1. The van der Waals surface area contributed by atoms with E-state index >= 15 is 0 Å². The van der Waals surface area contributed by atoms with Gasteiger partial charge in [0, 0.05) is 63.4 Å². The highest BCUT2D eigenvalue weighted by Gasteiger charge is 2.24. The van der Waals surface area contributed by atoms with Gasteiger partial charge >= 0.3 is 0 Å². The van der Waals surface area contributed by atoms with E-state index in [1.54, 1.807) is 0 Å². The molecule has 3 aromatic heterocycles. The van der Waals surface area contributed by atoms with Crippen LogP contribution in [0.3, 0.4) is 0 Å². The number of hydrogen-bond donors (Lipinski definition) is 0. The van der Waals surface area contributed by atoms with Crippen LogP contribution in [0.5, 0.6) is 0 Å². The Morgan fingerprint density at radius 1 is 0.413 bits per heavy atom. The Bertz CT molecular complexity index is 2650. The van der Waals surface area contributed by atoms with Gasteiger partial charge in [0.2, 0.25) is 0 Å². The van der Waals surface area contributed by atoms with Crippen LogP contribution in [0, 0.1) is 0 Å². The third kappa shape index (κ3) is 3.87. The monoisotopic (exact) mass is 623 g/mol. The lowest BCUT2D eigenvalue weighted by Crippen LogP contribution is -2.11. The molecule has 0 atom stereocenters. The second kappa shape index (κ2) is 10.0. The van der Waals surface area contributed by atoms with Crippen molar-refractivity contribution in [2.75, 3.05) is 4.90 Å². The van der Waals surface area contributed by atoms with Gasteiger partial charge < -0.3 is 9.32 Å². The Labute approximate surface area is 273 Å². The van der Waals surface area contributed by atoms with Crippen LogP contribution in [0.15, 0.2) is 156 Å². The Hall–Kier alpha value is -5.42. The molecule has 0 fully saturated rings. The van der Waals surface area contributed by atoms with Crippen molar-refractivity contribution in [2.45, 2.75) is 0 Å². The van der Waals surface area contributed by atoms with Crippen molar-refractivity contribution < 1.29 is 4.42 Å². The van der Waals surface area contributed by atoms with Crippen LogP contribution in [0.4, 0.5) is 17.1 Å². The summed E-state index contributed by atoms with van der Waals surface area (Å²) in [6.07, 6.45) is 0. The minimum atomic E-state index is 0.896. The molecule has 0 unspecified atom stereocenters. The lowest BCUT2D eigenvalue weighted by Gasteiger charge is -2.29. The first kappa shape index (κ1) is 25.9. The van der Waals surface area contributed by atoms with Crippen LogP contribution < -0.4 is 4.90 Å². The van der Waals surface area contributed by atoms with Crippen LogP contribution in [-0.2, 0) is 0 Å². The zero-order chi connectivity index (χ0) is 30.2. The highest BCUT2D eigenvalue weighted by molar-refractivity contribution is 7.26. The lowest BCUT2D eigenvalue weighted by molar-refractivity contribution is 0.669. The average Bonchev–Trinajstić information content (AvgIpc) is 3.80. The Morgan fingerprint density at radius 2 is 1.02 bits per heavy atom. The maximum atomic E-state index is 6.28. The van der Waals surface area contributed by atoms with Gasteiger partial charge in [-0.1, -0.05) is 97.1 Å². The number of nitrogens with zero attached hydrogens (tertiary/aromatic N) is 1. The molecule has 2 nitrogen and oxygen atoms in total. The number of thiophene rings is 2. The fraction of sp³-hybridized carbons (Fsp3) is 0. The predicted molar refractivity (Wildman–Crippen MR) is 200 cm³/mol. The molecule has 10 rings (SSSR count). The van der Waals surface area contributed by atoms with Gasteiger partial charge in [0.25, 0.3) is 0 Å². The van der Waals surface area contributed by atoms with Gasteiger partial charge in [-0.25, -0.2) is 0 Å². The van der Waals surface area contributed by atoms with Crippen LogP contribution in [0.1, 0.15) is 0 Å². The molecule has 0 N–H and O–H groups in total. The third-order valence-corrected chi connectivity index (χ3v) is 11.4. The quantitative estimate of drug-likeness (QED) is 0.194. The molecule has 0 bridgehead atoms. The summed E-state index contributed by atoms with van der Waals surface area (Å²) < 4.78 is 11.5. The molecule has 0 amide bonds. The van der Waals surface area contributed by atoms with Gasteiger partial charge in [0.15, 0.2) is 0 Å². The minimum Gasteiger partial charge on any atom is -0.456 e. The van der Waals surface area contributed by atoms with E-state index in [1.807, 2.05) is 34.8 Å². The number of fused-ring (bicyclic) bond motifs is 9. The molecule has 0 radical (unpaired) electrons.